The summed E-state index contributed by atoms with van der Waals surface area (Å²) in [6, 6.07) is 16.3. The Bertz CT molecular complexity index is 1460. The first-order valence-corrected chi connectivity index (χ1v) is 12.3. The first-order valence-electron chi connectivity index (χ1n) is 11.4. The van der Waals surface area contributed by atoms with Crippen molar-refractivity contribution in [2.45, 2.75) is 19.3 Å². The van der Waals surface area contributed by atoms with E-state index < -0.39 is 0 Å². The van der Waals surface area contributed by atoms with Crippen LogP contribution in [0.5, 0.6) is 0 Å². The summed E-state index contributed by atoms with van der Waals surface area (Å²) in [5.41, 5.74) is 13.1. The molecule has 4 N–H and O–H groups in total. The van der Waals surface area contributed by atoms with Gasteiger partial charge in [0, 0.05) is 28.7 Å². The van der Waals surface area contributed by atoms with E-state index in [2.05, 4.69) is 45.9 Å². The number of hydrogen-bond acceptors (Lipinski definition) is 6. The summed E-state index contributed by atoms with van der Waals surface area (Å²) in [5.74, 6) is 2.15. The van der Waals surface area contributed by atoms with Crippen molar-refractivity contribution in [3.8, 4) is 22.5 Å². The second-order valence-electron chi connectivity index (χ2n) is 8.61. The van der Waals surface area contributed by atoms with Gasteiger partial charge in [0.05, 0.1) is 16.4 Å². The van der Waals surface area contributed by atoms with E-state index >= 15 is 0 Å². The molecule has 0 atom stereocenters. The number of allylic oxidation sites excluding steroid dienone is 1. The highest BCUT2D eigenvalue weighted by atomic mass is 32.1. The number of hydrogen-bond donors (Lipinski definition) is 3. The average Bonchev–Trinajstić information content (AvgIpc) is 3.52. The Hall–Kier alpha value is -3.97. The van der Waals surface area contributed by atoms with E-state index in [1.165, 1.54) is 19.3 Å². The third-order valence-corrected chi connectivity index (χ3v) is 7.24. The summed E-state index contributed by atoms with van der Waals surface area (Å²) in [4.78, 5) is 9.68. The molecule has 6 rings (SSSR count). The maximum Gasteiger partial charge on any atom is 0.162 e. The molecular formula is C27H24N6S. The Morgan fingerprint density at radius 1 is 1.00 bits per heavy atom. The summed E-state index contributed by atoms with van der Waals surface area (Å²) < 4.78 is 1.02. The van der Waals surface area contributed by atoms with Gasteiger partial charge in [-0.15, -0.1) is 11.3 Å². The number of anilines is 3. The molecule has 5 aromatic rings. The number of rotatable bonds is 6. The van der Waals surface area contributed by atoms with Gasteiger partial charge in [-0.05, 0) is 59.5 Å². The number of nitrogens with zero attached hydrogens (tertiary/aromatic N) is 3. The minimum absolute atomic E-state index is 0.657. The zero-order valence-corrected chi connectivity index (χ0v) is 19.3. The van der Waals surface area contributed by atoms with E-state index in [9.17, 15) is 0 Å². The molecule has 0 saturated heterocycles. The van der Waals surface area contributed by atoms with Crippen LogP contribution in [0.1, 0.15) is 24.8 Å². The van der Waals surface area contributed by atoms with Crippen LogP contribution in [0.2, 0.25) is 0 Å². The molecule has 7 heteroatoms. The van der Waals surface area contributed by atoms with Crippen molar-refractivity contribution in [2.75, 3.05) is 11.1 Å². The van der Waals surface area contributed by atoms with E-state index in [-0.39, 0.29) is 0 Å². The molecule has 34 heavy (non-hydrogen) atoms. The largest absolute Gasteiger partial charge is 0.398 e. The first-order chi connectivity index (χ1) is 16.7. The molecule has 0 radical (unpaired) electrons. The van der Waals surface area contributed by atoms with Gasteiger partial charge in [0.25, 0.3) is 0 Å². The number of nitrogens with one attached hydrogen (secondary N) is 2. The third-order valence-electron chi connectivity index (χ3n) is 6.33. The molecule has 1 fully saturated rings. The fourth-order valence-electron chi connectivity index (χ4n) is 4.11. The van der Waals surface area contributed by atoms with Crippen LogP contribution in [0.25, 0.3) is 38.8 Å². The Morgan fingerprint density at radius 2 is 1.85 bits per heavy atom. The summed E-state index contributed by atoms with van der Waals surface area (Å²) in [7, 11) is 0. The Morgan fingerprint density at radius 3 is 2.59 bits per heavy atom. The number of fused-ring (bicyclic) bond motifs is 1. The molecule has 2 aromatic carbocycles. The number of nitrogen functional groups attached to an aromatic ring is 1. The van der Waals surface area contributed by atoms with Crippen molar-refractivity contribution >= 4 is 44.8 Å². The molecule has 168 valence electrons. The highest BCUT2D eigenvalue weighted by Gasteiger charge is 2.15. The summed E-state index contributed by atoms with van der Waals surface area (Å²) >= 11 is 1.63. The van der Waals surface area contributed by atoms with E-state index in [1.807, 2.05) is 48.1 Å². The standard InChI is InChI=1S/C27H24N6S/c28-23-14-20(7-6-19(23)5-4-17-2-1-3-17)26-32-24-12-13-34-25(24)27(33-26)31-22-10-8-18(9-11-22)21-15-29-30-16-21/h4-17H,1-3,28H2,(H,29,30)(H,31,32,33)/b5-4+. The van der Waals surface area contributed by atoms with Crippen LogP contribution in [-0.2, 0) is 0 Å². The van der Waals surface area contributed by atoms with E-state index in [1.54, 1.807) is 11.3 Å². The second-order valence-corrected chi connectivity index (χ2v) is 9.53. The van der Waals surface area contributed by atoms with Gasteiger partial charge in [0.2, 0.25) is 0 Å². The number of aromatic nitrogens is 4. The van der Waals surface area contributed by atoms with Crippen LogP contribution >= 0.6 is 11.3 Å². The monoisotopic (exact) mass is 464 g/mol. The topological polar surface area (TPSA) is 92.5 Å². The minimum atomic E-state index is 0.657. The van der Waals surface area contributed by atoms with Gasteiger partial charge >= 0.3 is 0 Å². The molecular weight excluding hydrogens is 440 g/mol. The lowest BCUT2D eigenvalue weighted by atomic mass is 9.85. The summed E-state index contributed by atoms with van der Waals surface area (Å²) in [5, 5.41) is 12.4. The SMILES string of the molecule is Nc1cc(-c2nc(Nc3ccc(-c4cn[nH]c4)cc3)c3sccc3n2)ccc1/C=C/C1CCC1. The summed E-state index contributed by atoms with van der Waals surface area (Å²) in [6.07, 6.45) is 12.0. The lowest BCUT2D eigenvalue weighted by Gasteiger charge is -2.21. The van der Waals surface area contributed by atoms with E-state index in [0.29, 0.717) is 11.7 Å². The molecule has 1 saturated carbocycles. The van der Waals surface area contributed by atoms with Gasteiger partial charge in [0.1, 0.15) is 0 Å². The minimum Gasteiger partial charge on any atom is -0.398 e. The number of H-pyrrole nitrogens is 1. The van der Waals surface area contributed by atoms with Crippen LogP contribution in [0, 0.1) is 5.92 Å². The number of thiophene rings is 1. The third kappa shape index (κ3) is 4.06. The fraction of sp³-hybridized carbons (Fsp3) is 0.148. The van der Waals surface area contributed by atoms with Crippen LogP contribution in [0.15, 0.2) is 72.4 Å². The molecule has 0 unspecified atom stereocenters. The van der Waals surface area contributed by atoms with Crippen molar-refractivity contribution in [1.82, 2.24) is 20.2 Å². The smallest absolute Gasteiger partial charge is 0.162 e. The van der Waals surface area contributed by atoms with Crippen molar-refractivity contribution in [2.24, 2.45) is 5.92 Å². The molecule has 0 aliphatic heterocycles. The van der Waals surface area contributed by atoms with Gasteiger partial charge in [0.15, 0.2) is 11.6 Å². The molecule has 0 bridgehead atoms. The highest BCUT2D eigenvalue weighted by Crippen LogP contribution is 2.33. The van der Waals surface area contributed by atoms with Gasteiger partial charge in [-0.1, -0.05) is 42.8 Å². The number of nitrogens with two attached hydrogens (primary N) is 1. The number of aromatic amines is 1. The molecule has 1 aliphatic carbocycles. The maximum absolute atomic E-state index is 6.39. The van der Waals surface area contributed by atoms with Gasteiger partial charge in [-0.25, -0.2) is 9.97 Å². The fourth-order valence-corrected chi connectivity index (χ4v) is 4.88. The van der Waals surface area contributed by atoms with Gasteiger partial charge < -0.3 is 11.1 Å². The van der Waals surface area contributed by atoms with Crippen LogP contribution in [0.4, 0.5) is 17.2 Å². The van der Waals surface area contributed by atoms with Crippen LogP contribution < -0.4 is 11.1 Å². The van der Waals surface area contributed by atoms with Crippen LogP contribution in [0.3, 0.4) is 0 Å². The molecule has 1 aliphatic rings. The lowest BCUT2D eigenvalue weighted by molar-refractivity contribution is 0.389. The Kier molecular flexibility index (Phi) is 5.31. The quantitative estimate of drug-likeness (QED) is 0.238. The van der Waals surface area contributed by atoms with Gasteiger partial charge in [-0.2, -0.15) is 5.10 Å². The normalized spacial score (nSPS) is 14.0. The van der Waals surface area contributed by atoms with Crippen molar-refractivity contribution in [1.29, 1.82) is 0 Å². The van der Waals surface area contributed by atoms with Crippen molar-refractivity contribution in [3.05, 3.63) is 77.9 Å². The maximum atomic E-state index is 6.39. The predicted molar refractivity (Wildman–Crippen MR) is 141 cm³/mol. The Balaban J connectivity index is 1.30. The van der Waals surface area contributed by atoms with Gasteiger partial charge in [-0.3, -0.25) is 5.10 Å². The summed E-state index contributed by atoms with van der Waals surface area (Å²) in [6.45, 7) is 0. The van der Waals surface area contributed by atoms with Crippen LogP contribution in [-0.4, -0.2) is 20.2 Å². The molecule has 6 nitrogen and oxygen atoms in total. The average molecular weight is 465 g/mol. The zero-order valence-electron chi connectivity index (χ0n) is 18.5. The van der Waals surface area contributed by atoms with Crippen molar-refractivity contribution in [3.63, 3.8) is 0 Å². The molecule has 3 heterocycles. The molecule has 0 amide bonds. The van der Waals surface area contributed by atoms with Crippen molar-refractivity contribution < 1.29 is 0 Å². The predicted octanol–water partition coefficient (Wildman–Crippen LogP) is 6.89. The molecule has 3 aromatic heterocycles. The number of benzene rings is 2. The molecule has 0 spiro atoms. The highest BCUT2D eigenvalue weighted by molar-refractivity contribution is 7.17. The van der Waals surface area contributed by atoms with E-state index in [0.717, 1.165) is 49.7 Å². The Labute approximate surface area is 201 Å². The lowest BCUT2D eigenvalue weighted by Crippen LogP contribution is -2.06. The second kappa shape index (κ2) is 8.76. The first kappa shape index (κ1) is 20.6. The van der Waals surface area contributed by atoms with E-state index in [4.69, 9.17) is 15.7 Å². The zero-order chi connectivity index (χ0) is 22.9.